The number of hydrogen-bond donors (Lipinski definition) is 1. The van der Waals surface area contributed by atoms with E-state index in [9.17, 15) is 4.39 Å². The van der Waals surface area contributed by atoms with Gasteiger partial charge in [-0.25, -0.2) is 9.37 Å². The molecule has 2 nitrogen and oxygen atoms in total. The number of aryl methyl sites for hydroxylation is 1. The van der Waals surface area contributed by atoms with Crippen LogP contribution in [0.2, 0.25) is 5.02 Å². The molecular weight excluding hydrogens is 271 g/mol. The lowest BCUT2D eigenvalue weighted by atomic mass is 10.0. The van der Waals surface area contributed by atoms with Crippen molar-refractivity contribution in [3.8, 4) is 0 Å². The number of nitrogens with two attached hydrogens (primary N) is 1. The van der Waals surface area contributed by atoms with E-state index >= 15 is 0 Å². The Kier molecular flexibility index (Phi) is 4.32. The largest absolute Gasteiger partial charge is 0.327 e. The zero-order valence-electron chi connectivity index (χ0n) is 9.99. The minimum Gasteiger partial charge on any atom is -0.327 e. The van der Waals surface area contributed by atoms with E-state index in [1.807, 2.05) is 12.3 Å². The maximum atomic E-state index is 13.6. The summed E-state index contributed by atoms with van der Waals surface area (Å²) in [6.45, 7) is 1.95. The van der Waals surface area contributed by atoms with Gasteiger partial charge >= 0.3 is 0 Å². The van der Waals surface area contributed by atoms with Crippen LogP contribution < -0.4 is 5.73 Å². The molecule has 0 radical (unpaired) electrons. The molecule has 0 aliphatic carbocycles. The van der Waals surface area contributed by atoms with Crippen LogP contribution in [0, 0.1) is 12.7 Å². The second-order valence-electron chi connectivity index (χ2n) is 4.29. The Labute approximate surface area is 115 Å². The van der Waals surface area contributed by atoms with Gasteiger partial charge in [0.05, 0.1) is 5.01 Å². The average molecular weight is 285 g/mol. The molecule has 0 amide bonds. The van der Waals surface area contributed by atoms with Gasteiger partial charge in [-0.3, -0.25) is 0 Å². The minimum atomic E-state index is -0.298. The standard InChI is InChI=1S/C13H14ClFN2S/c1-8-7-18-13(17-8)6-11(16)4-9-2-3-10(14)5-12(9)15/h2-3,5,7,11H,4,6,16H2,1H3. The number of thiazole rings is 1. The zero-order valence-corrected chi connectivity index (χ0v) is 11.6. The number of hydrogen-bond acceptors (Lipinski definition) is 3. The Bertz CT molecular complexity index is 542. The molecule has 96 valence electrons. The first-order chi connectivity index (χ1) is 8.54. The van der Waals surface area contributed by atoms with E-state index < -0.39 is 0 Å². The number of aromatic nitrogens is 1. The molecule has 0 fully saturated rings. The fraction of sp³-hybridized carbons (Fsp3) is 0.308. The zero-order chi connectivity index (χ0) is 13.1. The molecule has 5 heteroatoms. The molecule has 0 saturated heterocycles. The van der Waals surface area contributed by atoms with Crippen LogP contribution >= 0.6 is 22.9 Å². The second-order valence-corrected chi connectivity index (χ2v) is 5.67. The molecular formula is C13H14ClFN2S. The normalized spacial score (nSPS) is 12.7. The maximum absolute atomic E-state index is 13.6. The van der Waals surface area contributed by atoms with Gasteiger partial charge in [-0.2, -0.15) is 0 Å². The van der Waals surface area contributed by atoms with Crippen LogP contribution in [-0.2, 0) is 12.8 Å². The first-order valence-corrected chi connectivity index (χ1v) is 6.91. The van der Waals surface area contributed by atoms with Gasteiger partial charge in [0, 0.05) is 28.6 Å². The van der Waals surface area contributed by atoms with E-state index in [2.05, 4.69) is 4.98 Å². The number of halogens is 2. The van der Waals surface area contributed by atoms with Gasteiger partial charge in [-0.1, -0.05) is 17.7 Å². The molecule has 1 aromatic carbocycles. The van der Waals surface area contributed by atoms with E-state index in [0.29, 0.717) is 23.4 Å². The second kappa shape index (κ2) is 5.78. The first kappa shape index (κ1) is 13.5. The molecule has 2 aromatic rings. The third-order valence-electron chi connectivity index (χ3n) is 2.60. The van der Waals surface area contributed by atoms with Gasteiger partial charge < -0.3 is 5.73 Å². The predicted molar refractivity (Wildman–Crippen MR) is 73.6 cm³/mol. The van der Waals surface area contributed by atoms with E-state index in [-0.39, 0.29) is 11.9 Å². The molecule has 2 rings (SSSR count). The number of benzene rings is 1. The lowest BCUT2D eigenvalue weighted by molar-refractivity contribution is 0.583. The van der Waals surface area contributed by atoms with Crippen molar-refractivity contribution in [3.63, 3.8) is 0 Å². The van der Waals surface area contributed by atoms with Crippen LogP contribution in [0.15, 0.2) is 23.6 Å². The van der Waals surface area contributed by atoms with E-state index in [1.54, 1.807) is 23.5 Å². The van der Waals surface area contributed by atoms with Gasteiger partial charge in [0.25, 0.3) is 0 Å². The molecule has 0 aliphatic rings. The van der Waals surface area contributed by atoms with Crippen molar-refractivity contribution in [2.75, 3.05) is 0 Å². The van der Waals surface area contributed by atoms with Crippen molar-refractivity contribution < 1.29 is 4.39 Å². The molecule has 1 aromatic heterocycles. The molecule has 1 heterocycles. The molecule has 0 bridgehead atoms. The average Bonchev–Trinajstić information content (AvgIpc) is 2.68. The topological polar surface area (TPSA) is 38.9 Å². The molecule has 1 atom stereocenters. The van der Waals surface area contributed by atoms with Crippen LogP contribution in [0.4, 0.5) is 4.39 Å². The Morgan fingerprint density at radius 1 is 1.44 bits per heavy atom. The molecule has 2 N–H and O–H groups in total. The summed E-state index contributed by atoms with van der Waals surface area (Å²) in [5, 5.41) is 3.39. The van der Waals surface area contributed by atoms with Crippen molar-refractivity contribution in [2.24, 2.45) is 5.73 Å². The minimum absolute atomic E-state index is 0.133. The molecule has 18 heavy (non-hydrogen) atoms. The fourth-order valence-electron chi connectivity index (χ4n) is 1.76. The van der Waals surface area contributed by atoms with Crippen LogP contribution in [0.1, 0.15) is 16.3 Å². The molecule has 1 unspecified atom stereocenters. The smallest absolute Gasteiger partial charge is 0.127 e. The lowest BCUT2D eigenvalue weighted by Crippen LogP contribution is -2.25. The highest BCUT2D eigenvalue weighted by Gasteiger charge is 2.11. The predicted octanol–water partition coefficient (Wildman–Crippen LogP) is 3.36. The van der Waals surface area contributed by atoms with Crippen molar-refractivity contribution in [2.45, 2.75) is 25.8 Å². The fourth-order valence-corrected chi connectivity index (χ4v) is 2.79. The SMILES string of the molecule is Cc1csc(CC(N)Cc2ccc(Cl)cc2F)n1. The van der Waals surface area contributed by atoms with Crippen molar-refractivity contribution in [3.05, 3.63) is 50.7 Å². The van der Waals surface area contributed by atoms with Crippen molar-refractivity contribution in [1.82, 2.24) is 4.98 Å². The van der Waals surface area contributed by atoms with Crippen LogP contribution in [0.25, 0.3) is 0 Å². The van der Waals surface area contributed by atoms with Crippen LogP contribution in [-0.4, -0.2) is 11.0 Å². The van der Waals surface area contributed by atoms with Gasteiger partial charge in [0.1, 0.15) is 5.82 Å². The Morgan fingerprint density at radius 3 is 2.83 bits per heavy atom. The Morgan fingerprint density at radius 2 is 2.22 bits per heavy atom. The summed E-state index contributed by atoms with van der Waals surface area (Å²) in [4.78, 5) is 4.35. The third kappa shape index (κ3) is 3.51. The summed E-state index contributed by atoms with van der Waals surface area (Å²) in [7, 11) is 0. The van der Waals surface area contributed by atoms with E-state index in [0.717, 1.165) is 10.7 Å². The van der Waals surface area contributed by atoms with E-state index in [4.69, 9.17) is 17.3 Å². The quantitative estimate of drug-likeness (QED) is 0.935. The molecule has 0 spiro atoms. The molecule has 0 aliphatic heterocycles. The Hall–Kier alpha value is -0.970. The van der Waals surface area contributed by atoms with E-state index in [1.165, 1.54) is 6.07 Å². The highest BCUT2D eigenvalue weighted by atomic mass is 35.5. The van der Waals surface area contributed by atoms with Gasteiger partial charge in [0.15, 0.2) is 0 Å². The number of rotatable bonds is 4. The summed E-state index contributed by atoms with van der Waals surface area (Å²) >= 11 is 7.30. The molecule has 0 saturated carbocycles. The van der Waals surface area contributed by atoms with Crippen LogP contribution in [0.3, 0.4) is 0 Å². The maximum Gasteiger partial charge on any atom is 0.127 e. The summed E-state index contributed by atoms with van der Waals surface area (Å²) in [5.41, 5.74) is 7.62. The lowest BCUT2D eigenvalue weighted by Gasteiger charge is -2.10. The summed E-state index contributed by atoms with van der Waals surface area (Å²) in [5.74, 6) is -0.298. The van der Waals surface area contributed by atoms with Crippen molar-refractivity contribution in [1.29, 1.82) is 0 Å². The summed E-state index contributed by atoms with van der Waals surface area (Å²) in [6, 6.07) is 4.55. The van der Waals surface area contributed by atoms with Gasteiger partial charge in [-0.05, 0) is 31.0 Å². The highest BCUT2D eigenvalue weighted by Crippen LogP contribution is 2.17. The Balaban J connectivity index is 2.00. The van der Waals surface area contributed by atoms with Gasteiger partial charge in [0.2, 0.25) is 0 Å². The first-order valence-electron chi connectivity index (χ1n) is 5.65. The summed E-state index contributed by atoms with van der Waals surface area (Å²) in [6.07, 6.45) is 1.15. The van der Waals surface area contributed by atoms with Gasteiger partial charge in [-0.15, -0.1) is 11.3 Å². The summed E-state index contributed by atoms with van der Waals surface area (Å²) < 4.78 is 13.6. The monoisotopic (exact) mass is 284 g/mol. The third-order valence-corrected chi connectivity index (χ3v) is 3.82. The highest BCUT2D eigenvalue weighted by molar-refractivity contribution is 7.09. The van der Waals surface area contributed by atoms with Crippen molar-refractivity contribution >= 4 is 22.9 Å². The van der Waals surface area contributed by atoms with Crippen LogP contribution in [0.5, 0.6) is 0 Å². The number of nitrogens with zero attached hydrogens (tertiary/aromatic N) is 1.